The van der Waals surface area contributed by atoms with E-state index in [4.69, 9.17) is 4.74 Å². The van der Waals surface area contributed by atoms with Gasteiger partial charge in [0.25, 0.3) is 0 Å². The predicted molar refractivity (Wildman–Crippen MR) is 63.5 cm³/mol. The SMILES string of the molecule is CCOC(=O)[C@H](CS)NC(=O)CC(C)[N+](=O)[O-]. The lowest BCUT2D eigenvalue weighted by molar-refractivity contribution is -0.516. The van der Waals surface area contributed by atoms with Crippen molar-refractivity contribution in [1.29, 1.82) is 0 Å². The van der Waals surface area contributed by atoms with Gasteiger partial charge in [-0.15, -0.1) is 0 Å². The van der Waals surface area contributed by atoms with Crippen molar-refractivity contribution in [3.63, 3.8) is 0 Å². The number of hydrogen-bond donors (Lipinski definition) is 2. The summed E-state index contributed by atoms with van der Waals surface area (Å²) < 4.78 is 4.71. The minimum atomic E-state index is -0.988. The van der Waals surface area contributed by atoms with Crippen molar-refractivity contribution in [1.82, 2.24) is 5.32 Å². The second-order valence-electron chi connectivity index (χ2n) is 3.39. The first kappa shape index (κ1) is 15.7. The molecule has 0 aliphatic rings. The summed E-state index contributed by atoms with van der Waals surface area (Å²) in [6.45, 7) is 3.16. The Labute approximate surface area is 104 Å². The zero-order chi connectivity index (χ0) is 13.4. The first-order valence-corrected chi connectivity index (χ1v) is 5.75. The molecule has 0 bridgehead atoms. The van der Waals surface area contributed by atoms with Gasteiger partial charge in [0.15, 0.2) is 0 Å². The van der Waals surface area contributed by atoms with Gasteiger partial charge in [0.1, 0.15) is 6.04 Å². The third kappa shape index (κ3) is 6.10. The maximum absolute atomic E-state index is 11.4. The fraction of sp³-hybridized carbons (Fsp3) is 0.778. The summed E-state index contributed by atoms with van der Waals surface area (Å²) in [7, 11) is 0. The number of amides is 1. The molecule has 0 aliphatic carbocycles. The molecule has 0 aromatic heterocycles. The molecular weight excluding hydrogens is 248 g/mol. The van der Waals surface area contributed by atoms with Crippen molar-refractivity contribution in [3.8, 4) is 0 Å². The van der Waals surface area contributed by atoms with Gasteiger partial charge in [0.05, 0.1) is 13.0 Å². The van der Waals surface area contributed by atoms with Gasteiger partial charge in [-0.1, -0.05) is 0 Å². The molecule has 1 unspecified atom stereocenters. The Morgan fingerprint density at radius 3 is 2.53 bits per heavy atom. The third-order valence-corrected chi connectivity index (χ3v) is 2.29. The molecule has 0 saturated carbocycles. The van der Waals surface area contributed by atoms with Crippen LogP contribution in [0.15, 0.2) is 0 Å². The van der Waals surface area contributed by atoms with Gasteiger partial charge >= 0.3 is 5.97 Å². The van der Waals surface area contributed by atoms with E-state index >= 15 is 0 Å². The van der Waals surface area contributed by atoms with E-state index in [0.717, 1.165) is 0 Å². The quantitative estimate of drug-likeness (QED) is 0.292. The fourth-order valence-corrected chi connectivity index (χ4v) is 1.26. The van der Waals surface area contributed by atoms with Gasteiger partial charge in [-0.05, 0) is 6.92 Å². The highest BCUT2D eigenvalue weighted by atomic mass is 32.1. The molecule has 0 rings (SSSR count). The third-order valence-electron chi connectivity index (χ3n) is 1.93. The maximum atomic E-state index is 11.4. The van der Waals surface area contributed by atoms with Gasteiger partial charge in [0.2, 0.25) is 11.9 Å². The molecule has 8 heteroatoms. The van der Waals surface area contributed by atoms with Gasteiger partial charge < -0.3 is 10.1 Å². The van der Waals surface area contributed by atoms with Crippen molar-refractivity contribution in [2.45, 2.75) is 32.4 Å². The zero-order valence-electron chi connectivity index (χ0n) is 9.71. The molecule has 1 amide bonds. The Balaban J connectivity index is 4.24. The highest BCUT2D eigenvalue weighted by molar-refractivity contribution is 7.80. The number of nitrogens with one attached hydrogen (secondary N) is 1. The zero-order valence-corrected chi connectivity index (χ0v) is 10.6. The van der Waals surface area contributed by atoms with Crippen LogP contribution in [0, 0.1) is 10.1 Å². The number of nitro groups is 1. The van der Waals surface area contributed by atoms with E-state index in [-0.39, 0.29) is 18.8 Å². The summed E-state index contributed by atoms with van der Waals surface area (Å²) in [5, 5.41) is 12.7. The fourth-order valence-electron chi connectivity index (χ4n) is 1.02. The van der Waals surface area contributed by atoms with E-state index in [1.807, 2.05) is 0 Å². The van der Waals surface area contributed by atoms with Crippen LogP contribution in [0.1, 0.15) is 20.3 Å². The number of rotatable bonds is 7. The van der Waals surface area contributed by atoms with Crippen molar-refractivity contribution in [2.75, 3.05) is 12.4 Å². The number of nitrogens with zero attached hydrogens (tertiary/aromatic N) is 1. The van der Waals surface area contributed by atoms with Crippen LogP contribution in [0.4, 0.5) is 0 Å². The topological polar surface area (TPSA) is 98.5 Å². The number of carbonyl (C=O) groups excluding carboxylic acids is 2. The Hall–Kier alpha value is -1.31. The molecular formula is C9H16N2O5S. The maximum Gasteiger partial charge on any atom is 0.329 e. The lowest BCUT2D eigenvalue weighted by Crippen LogP contribution is -2.44. The Morgan fingerprint density at radius 1 is 1.53 bits per heavy atom. The predicted octanol–water partition coefficient (Wildman–Crippen LogP) is 0.0194. The van der Waals surface area contributed by atoms with Crippen LogP contribution in [0.5, 0.6) is 0 Å². The Bertz CT molecular complexity index is 297. The molecule has 0 aromatic carbocycles. The highest BCUT2D eigenvalue weighted by Gasteiger charge is 2.24. The van der Waals surface area contributed by atoms with Crippen LogP contribution in [-0.4, -0.2) is 41.2 Å². The second-order valence-corrected chi connectivity index (χ2v) is 3.76. The molecule has 7 nitrogen and oxygen atoms in total. The van der Waals surface area contributed by atoms with Crippen molar-refractivity contribution in [3.05, 3.63) is 10.1 Å². The summed E-state index contributed by atoms with van der Waals surface area (Å²) in [6.07, 6.45) is -0.281. The lowest BCUT2D eigenvalue weighted by atomic mass is 10.2. The number of esters is 1. The second kappa shape index (κ2) is 7.88. The summed E-state index contributed by atoms with van der Waals surface area (Å²) >= 11 is 3.90. The largest absolute Gasteiger partial charge is 0.464 e. The molecule has 0 saturated heterocycles. The van der Waals surface area contributed by atoms with E-state index in [1.165, 1.54) is 6.92 Å². The van der Waals surface area contributed by atoms with Gasteiger partial charge in [0, 0.05) is 17.6 Å². The van der Waals surface area contributed by atoms with Crippen LogP contribution >= 0.6 is 12.6 Å². The van der Waals surface area contributed by atoms with Crippen molar-refractivity contribution in [2.24, 2.45) is 0 Å². The van der Waals surface area contributed by atoms with E-state index in [2.05, 4.69) is 17.9 Å². The highest BCUT2D eigenvalue weighted by Crippen LogP contribution is 1.98. The van der Waals surface area contributed by atoms with Crippen LogP contribution in [0.2, 0.25) is 0 Å². The molecule has 1 N–H and O–H groups in total. The molecule has 0 aliphatic heterocycles. The summed E-state index contributed by atoms with van der Waals surface area (Å²) in [5.74, 6) is -1.08. The van der Waals surface area contributed by atoms with Gasteiger partial charge in [-0.2, -0.15) is 12.6 Å². The minimum absolute atomic E-state index is 0.0808. The van der Waals surface area contributed by atoms with Gasteiger partial charge in [-0.25, -0.2) is 4.79 Å². The average Bonchev–Trinajstić information content (AvgIpc) is 2.25. The molecule has 0 heterocycles. The van der Waals surface area contributed by atoms with E-state index in [9.17, 15) is 19.7 Å². The molecule has 0 fully saturated rings. The normalized spacial score (nSPS) is 13.6. The minimum Gasteiger partial charge on any atom is -0.464 e. The molecule has 0 spiro atoms. The van der Waals surface area contributed by atoms with Crippen LogP contribution in [0.25, 0.3) is 0 Å². The number of thiol groups is 1. The van der Waals surface area contributed by atoms with E-state index in [1.54, 1.807) is 6.92 Å². The molecule has 98 valence electrons. The first-order valence-electron chi connectivity index (χ1n) is 5.12. The molecule has 2 atom stereocenters. The standard InChI is InChI=1S/C9H16N2O5S/c1-3-16-9(13)7(5-17)10-8(12)4-6(2)11(14)15/h6-7,17H,3-5H2,1-2H3,(H,10,12)/t6?,7-/m0/s1. The van der Waals surface area contributed by atoms with Gasteiger partial charge in [-0.3, -0.25) is 14.9 Å². The summed E-state index contributed by atoms with van der Waals surface area (Å²) in [6, 6.07) is -1.86. The molecule has 17 heavy (non-hydrogen) atoms. The Kier molecular flexibility index (Phi) is 7.27. The van der Waals surface area contributed by atoms with Crippen LogP contribution < -0.4 is 5.32 Å². The monoisotopic (exact) mass is 264 g/mol. The summed E-state index contributed by atoms with van der Waals surface area (Å²) in [4.78, 5) is 32.5. The number of ether oxygens (including phenoxy) is 1. The average molecular weight is 264 g/mol. The van der Waals surface area contributed by atoms with Crippen LogP contribution in [0.3, 0.4) is 0 Å². The molecule has 0 radical (unpaired) electrons. The lowest BCUT2D eigenvalue weighted by Gasteiger charge is -2.15. The van der Waals surface area contributed by atoms with E-state index in [0.29, 0.717) is 0 Å². The first-order chi connectivity index (χ1) is 7.92. The van der Waals surface area contributed by atoms with Crippen LogP contribution in [-0.2, 0) is 14.3 Å². The number of carbonyl (C=O) groups is 2. The smallest absolute Gasteiger partial charge is 0.329 e. The molecule has 0 aromatic rings. The van der Waals surface area contributed by atoms with Crippen molar-refractivity contribution >= 4 is 24.5 Å². The number of hydrogen-bond acceptors (Lipinski definition) is 6. The van der Waals surface area contributed by atoms with Crippen molar-refractivity contribution < 1.29 is 19.2 Å². The van der Waals surface area contributed by atoms with E-state index < -0.39 is 28.9 Å². The summed E-state index contributed by atoms with van der Waals surface area (Å²) in [5.41, 5.74) is 0. The Morgan fingerprint density at radius 2 is 2.12 bits per heavy atom.